The van der Waals surface area contributed by atoms with E-state index in [-0.39, 0.29) is 29.4 Å². The second kappa shape index (κ2) is 6.46. The number of hydrogen-bond donors (Lipinski definition) is 2. The van der Waals surface area contributed by atoms with Crippen LogP contribution < -0.4 is 5.32 Å². The van der Waals surface area contributed by atoms with E-state index in [9.17, 15) is 9.90 Å². The van der Waals surface area contributed by atoms with E-state index in [1.54, 1.807) is 0 Å². The molecule has 3 fully saturated rings. The first-order valence-electron chi connectivity index (χ1n) is 8.79. The SMILES string of the molecule is O=C(N[C@@H]1C[C@@H](O)C12CCOCC2)c1coc(C2CCOCC2)n1. The lowest BCUT2D eigenvalue weighted by Gasteiger charge is -2.55. The molecule has 0 unspecified atom stereocenters. The smallest absolute Gasteiger partial charge is 0.273 e. The first-order valence-corrected chi connectivity index (χ1v) is 8.79. The van der Waals surface area contributed by atoms with Gasteiger partial charge in [0.1, 0.15) is 6.26 Å². The van der Waals surface area contributed by atoms with Gasteiger partial charge in [-0.25, -0.2) is 4.98 Å². The van der Waals surface area contributed by atoms with Crippen LogP contribution in [0.25, 0.3) is 0 Å². The van der Waals surface area contributed by atoms with Crippen molar-refractivity contribution in [2.45, 2.75) is 50.2 Å². The molecule has 2 atom stereocenters. The highest BCUT2D eigenvalue weighted by molar-refractivity contribution is 5.92. The largest absolute Gasteiger partial charge is 0.448 e. The average Bonchev–Trinajstić information content (AvgIpc) is 3.13. The number of amides is 1. The van der Waals surface area contributed by atoms with Crippen molar-refractivity contribution in [1.29, 1.82) is 0 Å². The van der Waals surface area contributed by atoms with Gasteiger partial charge in [-0.2, -0.15) is 0 Å². The molecule has 2 aliphatic heterocycles. The zero-order valence-electron chi connectivity index (χ0n) is 13.7. The highest BCUT2D eigenvalue weighted by Crippen LogP contribution is 2.49. The zero-order chi connectivity index (χ0) is 16.6. The van der Waals surface area contributed by atoms with Crippen LogP contribution in [0.15, 0.2) is 10.7 Å². The van der Waals surface area contributed by atoms with Gasteiger partial charge < -0.3 is 24.3 Å². The van der Waals surface area contributed by atoms with E-state index in [4.69, 9.17) is 13.9 Å². The maximum absolute atomic E-state index is 12.5. The Labute approximate surface area is 140 Å². The minimum absolute atomic E-state index is 0.0212. The van der Waals surface area contributed by atoms with E-state index in [0.717, 1.165) is 25.7 Å². The fourth-order valence-electron chi connectivity index (χ4n) is 4.16. The van der Waals surface area contributed by atoms with Gasteiger partial charge in [0.2, 0.25) is 0 Å². The van der Waals surface area contributed by atoms with Gasteiger partial charge in [0.05, 0.1) is 6.10 Å². The number of ether oxygens (including phenoxy) is 2. The summed E-state index contributed by atoms with van der Waals surface area (Å²) in [5, 5.41) is 13.2. The summed E-state index contributed by atoms with van der Waals surface area (Å²) in [6, 6.07) is -0.0212. The van der Waals surface area contributed by atoms with E-state index in [1.165, 1.54) is 6.26 Å². The fraction of sp³-hybridized carbons (Fsp3) is 0.765. The molecule has 3 heterocycles. The maximum atomic E-state index is 12.5. The first kappa shape index (κ1) is 16.1. The Morgan fingerprint density at radius 1 is 1.21 bits per heavy atom. The van der Waals surface area contributed by atoms with Crippen molar-refractivity contribution < 1.29 is 23.8 Å². The van der Waals surface area contributed by atoms with Gasteiger partial charge in [0.15, 0.2) is 11.6 Å². The molecule has 0 radical (unpaired) electrons. The standard InChI is InChI=1S/C17H24N2O5/c20-14-9-13(17(14)3-7-23-8-4-17)19-15(21)12-10-24-16(18-12)11-1-5-22-6-2-11/h10-11,13-14,20H,1-9H2,(H,19,21)/t13-,14-/m1/s1. The second-order valence-corrected chi connectivity index (χ2v) is 7.08. The number of carbonyl (C=O) groups is 1. The summed E-state index contributed by atoms with van der Waals surface area (Å²) in [6.07, 6.45) is 4.99. The Morgan fingerprint density at radius 3 is 2.62 bits per heavy atom. The highest BCUT2D eigenvalue weighted by atomic mass is 16.5. The van der Waals surface area contributed by atoms with E-state index >= 15 is 0 Å². The predicted octanol–water partition coefficient (Wildman–Crippen LogP) is 1.23. The van der Waals surface area contributed by atoms with Crippen molar-refractivity contribution in [3.63, 3.8) is 0 Å². The van der Waals surface area contributed by atoms with Crippen LogP contribution in [0.5, 0.6) is 0 Å². The molecule has 1 spiro atoms. The molecule has 1 amide bonds. The van der Waals surface area contributed by atoms with Crippen LogP contribution in [0.3, 0.4) is 0 Å². The number of oxazole rings is 1. The molecule has 1 aliphatic carbocycles. The van der Waals surface area contributed by atoms with Gasteiger partial charge in [-0.05, 0) is 32.1 Å². The Bertz CT molecular complexity index is 590. The van der Waals surface area contributed by atoms with Crippen LogP contribution in [-0.4, -0.2) is 54.6 Å². The molecule has 7 nitrogen and oxygen atoms in total. The normalized spacial score (nSPS) is 30.0. The molecule has 2 saturated heterocycles. The molecule has 2 N–H and O–H groups in total. The number of nitrogens with one attached hydrogen (secondary N) is 1. The molecule has 4 rings (SSSR count). The number of rotatable bonds is 3. The van der Waals surface area contributed by atoms with Crippen molar-refractivity contribution in [3.05, 3.63) is 17.8 Å². The predicted molar refractivity (Wildman–Crippen MR) is 83.7 cm³/mol. The summed E-state index contributed by atoms with van der Waals surface area (Å²) in [4.78, 5) is 16.9. The lowest BCUT2D eigenvalue weighted by Crippen LogP contribution is -2.65. The number of hydrogen-bond acceptors (Lipinski definition) is 6. The van der Waals surface area contributed by atoms with Gasteiger partial charge in [0.25, 0.3) is 5.91 Å². The molecule has 1 aromatic rings. The van der Waals surface area contributed by atoms with Gasteiger partial charge >= 0.3 is 0 Å². The summed E-state index contributed by atoms with van der Waals surface area (Å²) < 4.78 is 16.3. The molecule has 7 heteroatoms. The van der Waals surface area contributed by atoms with E-state index in [0.29, 0.717) is 44.4 Å². The van der Waals surface area contributed by atoms with Crippen LogP contribution in [0.1, 0.15) is 54.4 Å². The quantitative estimate of drug-likeness (QED) is 0.862. The molecule has 1 aromatic heterocycles. The molecule has 132 valence electrons. The third-order valence-corrected chi connectivity index (χ3v) is 5.87. The van der Waals surface area contributed by atoms with E-state index in [1.807, 2.05) is 0 Å². The topological polar surface area (TPSA) is 93.8 Å². The molecule has 0 aromatic carbocycles. The van der Waals surface area contributed by atoms with Crippen molar-refractivity contribution in [3.8, 4) is 0 Å². The van der Waals surface area contributed by atoms with Gasteiger partial charge in [-0.1, -0.05) is 0 Å². The summed E-state index contributed by atoms with van der Waals surface area (Å²) >= 11 is 0. The minimum atomic E-state index is -0.359. The Hall–Kier alpha value is -1.44. The first-order chi connectivity index (χ1) is 11.7. The Morgan fingerprint density at radius 2 is 1.92 bits per heavy atom. The van der Waals surface area contributed by atoms with Crippen molar-refractivity contribution in [2.75, 3.05) is 26.4 Å². The summed E-state index contributed by atoms with van der Waals surface area (Å²) in [5.41, 5.74) is 0.0846. The number of aliphatic hydroxyl groups excluding tert-OH is 1. The molecule has 3 aliphatic rings. The highest BCUT2D eigenvalue weighted by Gasteiger charge is 2.55. The third kappa shape index (κ3) is 2.74. The summed E-state index contributed by atoms with van der Waals surface area (Å²) in [7, 11) is 0. The monoisotopic (exact) mass is 336 g/mol. The Kier molecular flexibility index (Phi) is 4.32. The van der Waals surface area contributed by atoms with Crippen molar-refractivity contribution in [1.82, 2.24) is 10.3 Å². The van der Waals surface area contributed by atoms with E-state index < -0.39 is 0 Å². The van der Waals surface area contributed by atoms with Crippen LogP contribution in [0.2, 0.25) is 0 Å². The number of aromatic nitrogens is 1. The molecule has 1 saturated carbocycles. The van der Waals surface area contributed by atoms with Crippen molar-refractivity contribution in [2.24, 2.45) is 5.41 Å². The van der Waals surface area contributed by atoms with Crippen LogP contribution in [-0.2, 0) is 9.47 Å². The fourth-order valence-corrected chi connectivity index (χ4v) is 4.16. The number of carbonyl (C=O) groups excluding carboxylic acids is 1. The van der Waals surface area contributed by atoms with Crippen molar-refractivity contribution >= 4 is 5.91 Å². The average molecular weight is 336 g/mol. The second-order valence-electron chi connectivity index (χ2n) is 7.08. The number of aliphatic hydroxyl groups is 1. The van der Waals surface area contributed by atoms with Crippen LogP contribution >= 0.6 is 0 Å². The Balaban J connectivity index is 1.40. The summed E-state index contributed by atoms with van der Waals surface area (Å²) in [5.74, 6) is 0.630. The van der Waals surface area contributed by atoms with Gasteiger partial charge in [-0.15, -0.1) is 0 Å². The van der Waals surface area contributed by atoms with Crippen LogP contribution in [0.4, 0.5) is 0 Å². The lowest BCUT2D eigenvalue weighted by atomic mass is 9.58. The molecular weight excluding hydrogens is 312 g/mol. The summed E-state index contributed by atoms with van der Waals surface area (Å²) in [6.45, 7) is 2.70. The number of nitrogens with zero attached hydrogens (tertiary/aromatic N) is 1. The van der Waals surface area contributed by atoms with Crippen LogP contribution in [0, 0.1) is 5.41 Å². The van der Waals surface area contributed by atoms with Gasteiger partial charge in [0, 0.05) is 43.8 Å². The molecule has 0 bridgehead atoms. The molecular formula is C17H24N2O5. The minimum Gasteiger partial charge on any atom is -0.448 e. The lowest BCUT2D eigenvalue weighted by molar-refractivity contribution is -0.145. The zero-order valence-corrected chi connectivity index (χ0v) is 13.7. The van der Waals surface area contributed by atoms with E-state index in [2.05, 4.69) is 10.3 Å². The maximum Gasteiger partial charge on any atom is 0.273 e. The molecule has 24 heavy (non-hydrogen) atoms. The third-order valence-electron chi connectivity index (χ3n) is 5.87. The van der Waals surface area contributed by atoms with Gasteiger partial charge in [-0.3, -0.25) is 4.79 Å².